The van der Waals surface area contributed by atoms with Gasteiger partial charge in [-0.2, -0.15) is 13.2 Å². The summed E-state index contributed by atoms with van der Waals surface area (Å²) >= 11 is 0.984. The van der Waals surface area contributed by atoms with E-state index in [2.05, 4.69) is 10.6 Å². The molecule has 0 fully saturated rings. The highest BCUT2D eigenvalue weighted by atomic mass is 32.2. The smallest absolute Gasteiger partial charge is 0.336 e. The zero-order valence-electron chi connectivity index (χ0n) is 16.1. The van der Waals surface area contributed by atoms with E-state index in [0.717, 1.165) is 34.9 Å². The molecule has 1 atom stereocenters. The number of alkyl halides is 3. The van der Waals surface area contributed by atoms with Gasteiger partial charge >= 0.3 is 6.18 Å². The van der Waals surface area contributed by atoms with Gasteiger partial charge in [0.05, 0.1) is 23.0 Å². The fraction of sp³-hybridized carbons (Fsp3) is 0.250. The Balaban J connectivity index is 1.58. The minimum Gasteiger partial charge on any atom is -0.336 e. The summed E-state index contributed by atoms with van der Waals surface area (Å²) in [6.45, 7) is -0.320. The Kier molecular flexibility index (Phi) is 6.54. The number of thioether (sulfide) groups is 1. The SMILES string of the molecule is CN(CC(=O)Nc1cccc(F)c1)C(=O)CC1Sc2ccc(C(F)(F)F)cc2NC1=O. The number of anilines is 2. The van der Waals surface area contributed by atoms with Crippen molar-refractivity contribution in [1.82, 2.24) is 4.90 Å². The third-order valence-corrected chi connectivity index (χ3v) is 5.68. The Bertz CT molecular complexity index is 1030. The van der Waals surface area contributed by atoms with Crippen LogP contribution in [0.15, 0.2) is 47.4 Å². The van der Waals surface area contributed by atoms with Gasteiger partial charge in [0, 0.05) is 24.1 Å². The lowest BCUT2D eigenvalue weighted by atomic mass is 10.1. The van der Waals surface area contributed by atoms with Crippen LogP contribution in [0.3, 0.4) is 0 Å². The Morgan fingerprint density at radius 3 is 2.61 bits per heavy atom. The number of rotatable bonds is 5. The number of carbonyl (C=O) groups is 3. The molecule has 3 rings (SSSR count). The molecule has 0 saturated heterocycles. The highest BCUT2D eigenvalue weighted by Crippen LogP contribution is 2.40. The molecule has 31 heavy (non-hydrogen) atoms. The second-order valence-corrected chi connectivity index (χ2v) is 8.06. The summed E-state index contributed by atoms with van der Waals surface area (Å²) in [6, 6.07) is 8.27. The molecule has 0 radical (unpaired) electrons. The van der Waals surface area contributed by atoms with Crippen molar-refractivity contribution in [3.05, 3.63) is 53.8 Å². The minimum atomic E-state index is -4.54. The molecule has 2 aromatic rings. The number of carbonyl (C=O) groups excluding carboxylic acids is 3. The highest BCUT2D eigenvalue weighted by Gasteiger charge is 2.34. The molecule has 164 valence electrons. The minimum absolute atomic E-state index is 0.0383. The zero-order chi connectivity index (χ0) is 22.8. The predicted molar refractivity (Wildman–Crippen MR) is 107 cm³/mol. The van der Waals surface area contributed by atoms with Crippen LogP contribution >= 0.6 is 11.8 Å². The molecule has 2 N–H and O–H groups in total. The summed E-state index contributed by atoms with van der Waals surface area (Å²) in [6.07, 6.45) is -4.78. The fourth-order valence-electron chi connectivity index (χ4n) is 2.85. The van der Waals surface area contributed by atoms with E-state index < -0.39 is 40.5 Å². The van der Waals surface area contributed by atoms with E-state index in [1.165, 1.54) is 31.3 Å². The second-order valence-electron chi connectivity index (χ2n) is 6.82. The first-order chi connectivity index (χ1) is 14.5. The van der Waals surface area contributed by atoms with Gasteiger partial charge in [0.15, 0.2) is 0 Å². The third-order valence-electron chi connectivity index (χ3n) is 4.40. The van der Waals surface area contributed by atoms with E-state index in [-0.39, 0.29) is 24.3 Å². The van der Waals surface area contributed by atoms with Crippen LogP contribution in [-0.2, 0) is 20.6 Å². The van der Waals surface area contributed by atoms with Crippen LogP contribution in [0.4, 0.5) is 28.9 Å². The van der Waals surface area contributed by atoms with E-state index in [0.29, 0.717) is 4.90 Å². The van der Waals surface area contributed by atoms with Gasteiger partial charge in [0.2, 0.25) is 17.7 Å². The molecule has 0 aromatic heterocycles. The van der Waals surface area contributed by atoms with Crippen LogP contribution < -0.4 is 10.6 Å². The Morgan fingerprint density at radius 1 is 1.19 bits per heavy atom. The van der Waals surface area contributed by atoms with E-state index in [4.69, 9.17) is 0 Å². The lowest BCUT2D eigenvalue weighted by Gasteiger charge is -2.26. The molecule has 0 spiro atoms. The summed E-state index contributed by atoms with van der Waals surface area (Å²) in [5.74, 6) is -2.17. The predicted octanol–water partition coefficient (Wildman–Crippen LogP) is 3.74. The third kappa shape index (κ3) is 5.75. The molecule has 1 aliphatic rings. The zero-order valence-corrected chi connectivity index (χ0v) is 16.9. The van der Waals surface area contributed by atoms with Gasteiger partial charge in [-0.15, -0.1) is 11.8 Å². The van der Waals surface area contributed by atoms with Crippen molar-refractivity contribution in [2.45, 2.75) is 22.7 Å². The molecule has 6 nitrogen and oxygen atoms in total. The largest absolute Gasteiger partial charge is 0.416 e. The molecule has 0 saturated carbocycles. The number of hydrogen-bond acceptors (Lipinski definition) is 4. The first-order valence-corrected chi connectivity index (χ1v) is 9.89. The average Bonchev–Trinajstić information content (AvgIpc) is 2.67. The van der Waals surface area contributed by atoms with Gasteiger partial charge in [0.25, 0.3) is 0 Å². The molecule has 1 unspecified atom stereocenters. The summed E-state index contributed by atoms with van der Waals surface area (Å²) < 4.78 is 51.7. The van der Waals surface area contributed by atoms with Gasteiger partial charge in [-0.1, -0.05) is 6.07 Å². The molecule has 0 bridgehead atoms. The maximum atomic E-state index is 13.2. The molecular weight excluding hydrogens is 438 g/mol. The van der Waals surface area contributed by atoms with E-state index >= 15 is 0 Å². The number of hydrogen-bond donors (Lipinski definition) is 2. The van der Waals surface area contributed by atoms with Gasteiger partial charge in [-0.05, 0) is 36.4 Å². The Hall–Kier alpha value is -3.08. The molecule has 11 heteroatoms. The molecule has 0 aliphatic carbocycles. The molecule has 2 aromatic carbocycles. The van der Waals surface area contributed by atoms with Crippen LogP contribution in [0.25, 0.3) is 0 Å². The normalized spacial score (nSPS) is 15.6. The van der Waals surface area contributed by atoms with E-state index in [1.54, 1.807) is 0 Å². The molecule has 1 aliphatic heterocycles. The lowest BCUT2D eigenvalue weighted by Crippen LogP contribution is -2.39. The van der Waals surface area contributed by atoms with Gasteiger partial charge in [-0.25, -0.2) is 4.39 Å². The summed E-state index contributed by atoms with van der Waals surface area (Å²) in [7, 11) is 1.38. The second kappa shape index (κ2) is 8.96. The summed E-state index contributed by atoms with van der Waals surface area (Å²) in [5, 5.41) is 4.01. The standard InChI is InChI=1S/C20H17F4N3O3S/c1-27(10-17(28)25-13-4-2-3-12(21)8-13)18(29)9-16-19(30)26-14-7-11(20(22,23)24)5-6-15(14)31-16/h2-8,16H,9-10H2,1H3,(H,25,28)(H,26,30). The van der Waals surface area contributed by atoms with Gasteiger partial charge in [0.1, 0.15) is 5.82 Å². The van der Waals surface area contributed by atoms with Gasteiger partial charge in [-0.3, -0.25) is 14.4 Å². The molecule has 3 amide bonds. The summed E-state index contributed by atoms with van der Waals surface area (Å²) in [5.41, 5.74) is -0.607. The van der Waals surface area contributed by atoms with Crippen LogP contribution in [0.2, 0.25) is 0 Å². The molecular formula is C20H17F4N3O3S. The number of halogens is 4. The maximum Gasteiger partial charge on any atom is 0.416 e. The van der Waals surface area contributed by atoms with Crippen LogP contribution in [0, 0.1) is 5.82 Å². The van der Waals surface area contributed by atoms with Crippen molar-refractivity contribution < 1.29 is 31.9 Å². The van der Waals surface area contributed by atoms with Crippen LogP contribution in [-0.4, -0.2) is 41.5 Å². The number of likely N-dealkylation sites (N-methyl/N-ethyl adjacent to an activating group) is 1. The lowest BCUT2D eigenvalue weighted by molar-refractivity contribution is -0.137. The quantitative estimate of drug-likeness (QED) is 0.674. The fourth-order valence-corrected chi connectivity index (χ4v) is 3.93. The number of amides is 3. The van der Waals surface area contributed by atoms with E-state index in [9.17, 15) is 31.9 Å². The van der Waals surface area contributed by atoms with Crippen LogP contribution in [0.1, 0.15) is 12.0 Å². The summed E-state index contributed by atoms with van der Waals surface area (Å²) in [4.78, 5) is 38.3. The number of benzene rings is 2. The van der Waals surface area contributed by atoms with Crippen molar-refractivity contribution in [3.63, 3.8) is 0 Å². The van der Waals surface area contributed by atoms with Crippen molar-refractivity contribution in [3.8, 4) is 0 Å². The number of fused-ring (bicyclic) bond motifs is 1. The maximum absolute atomic E-state index is 13.2. The first-order valence-electron chi connectivity index (χ1n) is 9.01. The first kappa shape index (κ1) is 22.6. The van der Waals surface area contributed by atoms with Gasteiger partial charge < -0.3 is 15.5 Å². The van der Waals surface area contributed by atoms with Crippen LogP contribution in [0.5, 0.6) is 0 Å². The average molecular weight is 455 g/mol. The van der Waals surface area contributed by atoms with Crippen molar-refractivity contribution in [1.29, 1.82) is 0 Å². The van der Waals surface area contributed by atoms with E-state index in [1.807, 2.05) is 0 Å². The topological polar surface area (TPSA) is 78.5 Å². The molecule has 1 heterocycles. The Labute approximate surface area is 179 Å². The van der Waals surface area contributed by atoms with Crippen molar-refractivity contribution in [2.75, 3.05) is 24.2 Å². The highest BCUT2D eigenvalue weighted by molar-refractivity contribution is 8.01. The number of nitrogens with zero attached hydrogens (tertiary/aromatic N) is 1. The van der Waals surface area contributed by atoms with Crippen molar-refractivity contribution >= 4 is 40.9 Å². The Morgan fingerprint density at radius 2 is 1.94 bits per heavy atom. The number of nitrogens with one attached hydrogen (secondary N) is 2. The van der Waals surface area contributed by atoms with Crippen molar-refractivity contribution in [2.24, 2.45) is 0 Å². The monoisotopic (exact) mass is 455 g/mol.